The standard InChI is InChI=1S/C26H18Br2Cl2N2O3S/c1-12-6-18-19(7-13(12)2)32-25(33)21(36-26(32)31-18)10-15-9-20(34-3)24(23(28)22(15)27)35-11-14-4-5-16(29)17(30)8-14/h4-10H,11H2,1-3H3/b21-10-. The van der Waals surface area contributed by atoms with Crippen molar-refractivity contribution in [2.24, 2.45) is 0 Å². The van der Waals surface area contributed by atoms with Crippen molar-refractivity contribution in [3.8, 4) is 11.5 Å². The number of hydrogen-bond donors (Lipinski definition) is 0. The highest BCUT2D eigenvalue weighted by Gasteiger charge is 2.18. The number of methoxy groups -OCH3 is 1. The lowest BCUT2D eigenvalue weighted by Gasteiger charge is -2.15. The Kier molecular flexibility index (Phi) is 7.09. The van der Waals surface area contributed by atoms with Gasteiger partial charge in [-0.05, 0) is 104 Å². The first kappa shape index (κ1) is 25.5. The normalized spacial score (nSPS) is 12.1. The highest BCUT2D eigenvalue weighted by molar-refractivity contribution is 9.13. The van der Waals surface area contributed by atoms with Crippen molar-refractivity contribution in [2.45, 2.75) is 20.5 Å². The van der Waals surface area contributed by atoms with Crippen LogP contribution in [0, 0.1) is 13.8 Å². The fraction of sp³-hybridized carbons (Fsp3) is 0.154. The largest absolute Gasteiger partial charge is 0.493 e. The first-order valence-corrected chi connectivity index (χ1v) is 13.9. The summed E-state index contributed by atoms with van der Waals surface area (Å²) in [6.45, 7) is 4.34. The summed E-state index contributed by atoms with van der Waals surface area (Å²) in [7, 11) is 1.57. The Hall–Kier alpha value is -2.10. The highest BCUT2D eigenvalue weighted by atomic mass is 79.9. The van der Waals surface area contributed by atoms with Gasteiger partial charge in [-0.3, -0.25) is 4.79 Å². The molecule has 0 aliphatic carbocycles. The number of aryl methyl sites for hydroxylation is 2. The third kappa shape index (κ3) is 4.54. The van der Waals surface area contributed by atoms with E-state index in [1.54, 1.807) is 23.6 Å². The molecule has 0 fully saturated rings. The van der Waals surface area contributed by atoms with Gasteiger partial charge in [-0.25, -0.2) is 9.38 Å². The average Bonchev–Trinajstić information content (AvgIpc) is 3.34. The molecule has 0 unspecified atom stereocenters. The summed E-state index contributed by atoms with van der Waals surface area (Å²) in [6.07, 6.45) is 1.83. The number of ether oxygens (including phenoxy) is 2. The fourth-order valence-electron chi connectivity index (χ4n) is 3.84. The monoisotopic (exact) mass is 666 g/mol. The minimum Gasteiger partial charge on any atom is -0.493 e. The predicted molar refractivity (Wildman–Crippen MR) is 154 cm³/mol. The number of fused-ring (bicyclic) bond motifs is 3. The Morgan fingerprint density at radius 2 is 1.81 bits per heavy atom. The second kappa shape index (κ2) is 9.99. The molecule has 2 aromatic heterocycles. The summed E-state index contributed by atoms with van der Waals surface area (Å²) in [5.41, 5.74) is 5.42. The second-order valence-electron chi connectivity index (χ2n) is 8.23. The van der Waals surface area contributed by atoms with Gasteiger partial charge in [0.05, 0.1) is 37.2 Å². The third-order valence-electron chi connectivity index (χ3n) is 5.88. The van der Waals surface area contributed by atoms with E-state index in [0.717, 1.165) is 37.8 Å². The maximum atomic E-state index is 13.3. The summed E-state index contributed by atoms with van der Waals surface area (Å²) < 4.78 is 15.3. The lowest BCUT2D eigenvalue weighted by atomic mass is 10.1. The van der Waals surface area contributed by atoms with Gasteiger partial charge in [-0.1, -0.05) is 40.6 Å². The summed E-state index contributed by atoms with van der Waals surface area (Å²) >= 11 is 20.7. The Morgan fingerprint density at radius 1 is 1.06 bits per heavy atom. The molecule has 0 atom stereocenters. The van der Waals surface area contributed by atoms with Gasteiger partial charge in [-0.15, -0.1) is 0 Å². The van der Waals surface area contributed by atoms with E-state index in [2.05, 4.69) is 36.8 Å². The van der Waals surface area contributed by atoms with E-state index < -0.39 is 0 Å². The number of nitrogens with zero attached hydrogens (tertiary/aromatic N) is 2. The van der Waals surface area contributed by atoms with Crippen LogP contribution < -0.4 is 19.6 Å². The van der Waals surface area contributed by atoms with E-state index in [4.69, 9.17) is 32.7 Å². The fourth-order valence-corrected chi connectivity index (χ4v) is 6.09. The molecule has 36 heavy (non-hydrogen) atoms. The molecular weight excluding hydrogens is 651 g/mol. The number of imidazole rings is 1. The zero-order chi connectivity index (χ0) is 25.7. The Labute approximate surface area is 237 Å². The van der Waals surface area contributed by atoms with Crippen LogP contribution in [-0.4, -0.2) is 16.5 Å². The maximum Gasteiger partial charge on any atom is 0.274 e. The van der Waals surface area contributed by atoms with Crippen LogP contribution in [-0.2, 0) is 6.61 Å². The van der Waals surface area contributed by atoms with Gasteiger partial charge < -0.3 is 9.47 Å². The molecule has 0 aliphatic heterocycles. The molecule has 0 N–H and O–H groups in total. The van der Waals surface area contributed by atoms with Crippen LogP contribution in [0.15, 0.2) is 50.1 Å². The van der Waals surface area contributed by atoms with Gasteiger partial charge >= 0.3 is 0 Å². The Morgan fingerprint density at radius 3 is 2.53 bits per heavy atom. The molecule has 184 valence electrons. The van der Waals surface area contributed by atoms with Crippen LogP contribution in [0.2, 0.25) is 10.0 Å². The quantitative estimate of drug-likeness (QED) is 0.195. The summed E-state index contributed by atoms with van der Waals surface area (Å²) in [5.74, 6) is 1.04. The first-order chi connectivity index (χ1) is 17.2. The molecule has 5 rings (SSSR count). The molecule has 0 spiro atoms. The number of rotatable bonds is 5. The van der Waals surface area contributed by atoms with Crippen molar-refractivity contribution < 1.29 is 9.47 Å². The highest BCUT2D eigenvalue weighted by Crippen LogP contribution is 2.43. The van der Waals surface area contributed by atoms with Crippen molar-refractivity contribution >= 4 is 88.5 Å². The SMILES string of the molecule is COc1cc(/C=c2\sc3nc4cc(C)c(C)cc4n3c2=O)c(Br)c(Br)c1OCc1ccc(Cl)c(Cl)c1. The number of thiazole rings is 1. The topological polar surface area (TPSA) is 52.8 Å². The molecule has 5 nitrogen and oxygen atoms in total. The molecule has 0 aliphatic rings. The van der Waals surface area contributed by atoms with Gasteiger partial charge in [-0.2, -0.15) is 0 Å². The molecule has 5 aromatic rings. The molecule has 0 bridgehead atoms. The van der Waals surface area contributed by atoms with E-state index in [9.17, 15) is 4.79 Å². The van der Waals surface area contributed by atoms with Crippen molar-refractivity contribution in [2.75, 3.05) is 7.11 Å². The van der Waals surface area contributed by atoms with Crippen LogP contribution in [0.4, 0.5) is 0 Å². The molecule has 0 saturated heterocycles. The molecular formula is C26H18Br2Cl2N2O3S. The van der Waals surface area contributed by atoms with Crippen LogP contribution in [0.25, 0.3) is 22.1 Å². The molecule has 10 heteroatoms. The lowest BCUT2D eigenvalue weighted by molar-refractivity contribution is 0.282. The molecule has 3 aromatic carbocycles. The number of hydrogen-bond acceptors (Lipinski definition) is 5. The number of benzene rings is 3. The van der Waals surface area contributed by atoms with E-state index >= 15 is 0 Å². The van der Waals surface area contributed by atoms with Gasteiger partial charge in [0, 0.05) is 4.47 Å². The minimum absolute atomic E-state index is 0.109. The van der Waals surface area contributed by atoms with Gasteiger partial charge in [0.2, 0.25) is 0 Å². The molecule has 0 saturated carbocycles. The molecule has 0 amide bonds. The van der Waals surface area contributed by atoms with Crippen LogP contribution >= 0.6 is 66.4 Å². The Bertz CT molecular complexity index is 1780. The zero-order valence-electron chi connectivity index (χ0n) is 19.3. The first-order valence-electron chi connectivity index (χ1n) is 10.7. The third-order valence-corrected chi connectivity index (χ3v) is 9.73. The van der Waals surface area contributed by atoms with E-state index in [1.807, 2.05) is 44.2 Å². The summed E-state index contributed by atoms with van der Waals surface area (Å²) in [6, 6.07) is 11.2. The second-order valence-corrected chi connectivity index (χ2v) is 11.6. The number of aromatic nitrogens is 2. The molecule has 2 heterocycles. The average molecular weight is 669 g/mol. The van der Waals surface area contributed by atoms with E-state index in [-0.39, 0.29) is 12.2 Å². The minimum atomic E-state index is -0.109. The van der Waals surface area contributed by atoms with Gasteiger partial charge in [0.15, 0.2) is 16.5 Å². The smallest absolute Gasteiger partial charge is 0.274 e. The zero-order valence-corrected chi connectivity index (χ0v) is 24.8. The van der Waals surface area contributed by atoms with Crippen LogP contribution in [0.5, 0.6) is 11.5 Å². The van der Waals surface area contributed by atoms with Crippen molar-refractivity contribution in [1.29, 1.82) is 0 Å². The van der Waals surface area contributed by atoms with Gasteiger partial charge in [0.1, 0.15) is 6.61 Å². The Balaban J connectivity index is 1.56. The lowest BCUT2D eigenvalue weighted by Crippen LogP contribution is -2.22. The predicted octanol–water partition coefficient (Wildman–Crippen LogP) is 7.49. The molecule has 0 radical (unpaired) electrons. The van der Waals surface area contributed by atoms with Crippen molar-refractivity contribution in [1.82, 2.24) is 9.38 Å². The van der Waals surface area contributed by atoms with E-state index in [1.165, 1.54) is 11.3 Å². The van der Waals surface area contributed by atoms with Crippen molar-refractivity contribution in [3.05, 3.63) is 92.5 Å². The van der Waals surface area contributed by atoms with Crippen LogP contribution in [0.1, 0.15) is 22.3 Å². The van der Waals surface area contributed by atoms with Crippen molar-refractivity contribution in [3.63, 3.8) is 0 Å². The van der Waals surface area contributed by atoms with Crippen LogP contribution in [0.3, 0.4) is 0 Å². The summed E-state index contributed by atoms with van der Waals surface area (Å²) in [5, 5.41) is 0.947. The van der Waals surface area contributed by atoms with Gasteiger partial charge in [0.25, 0.3) is 5.56 Å². The maximum absolute atomic E-state index is 13.3. The number of halogens is 4. The van der Waals surface area contributed by atoms with E-state index in [0.29, 0.717) is 35.5 Å². The summed E-state index contributed by atoms with van der Waals surface area (Å²) in [4.78, 5) is 18.7.